The third-order valence-corrected chi connectivity index (χ3v) is 1.58. The molecule has 5 heteroatoms. The highest BCUT2D eigenvalue weighted by molar-refractivity contribution is 5.87. The van der Waals surface area contributed by atoms with Gasteiger partial charge in [0.15, 0.2) is 5.69 Å². The van der Waals surface area contributed by atoms with Gasteiger partial charge in [-0.2, -0.15) is 5.10 Å². The molecule has 14 heavy (non-hydrogen) atoms. The van der Waals surface area contributed by atoms with Crippen molar-refractivity contribution in [1.82, 2.24) is 9.78 Å². The highest BCUT2D eigenvalue weighted by Crippen LogP contribution is 2.12. The maximum absolute atomic E-state index is 11.1. The summed E-state index contributed by atoms with van der Waals surface area (Å²) in [7, 11) is 2.99. The van der Waals surface area contributed by atoms with Gasteiger partial charge in [-0.3, -0.25) is 0 Å². The minimum absolute atomic E-state index is 0.231. The normalized spacial score (nSPS) is 9.57. The summed E-state index contributed by atoms with van der Waals surface area (Å²) in [5, 5.41) is 3.92. The van der Waals surface area contributed by atoms with Crippen LogP contribution in [0, 0.1) is 0 Å². The zero-order valence-electron chi connectivity index (χ0n) is 8.19. The van der Waals surface area contributed by atoms with Crippen molar-refractivity contribution in [3.05, 3.63) is 24.4 Å². The molecule has 5 nitrogen and oxygen atoms in total. The molecule has 1 heterocycles. The summed E-state index contributed by atoms with van der Waals surface area (Å²) in [6.07, 6.45) is 1.62. The lowest BCUT2D eigenvalue weighted by Crippen LogP contribution is -2.03. The highest BCUT2D eigenvalue weighted by Gasteiger charge is 2.13. The van der Waals surface area contributed by atoms with Crippen LogP contribution in [-0.2, 0) is 11.8 Å². The molecule has 0 spiro atoms. The summed E-state index contributed by atoms with van der Waals surface area (Å²) in [5.74, 6) is 0.0272. The van der Waals surface area contributed by atoms with Crippen molar-refractivity contribution in [2.45, 2.75) is 0 Å². The van der Waals surface area contributed by atoms with Crippen molar-refractivity contribution in [2.24, 2.45) is 7.05 Å². The van der Waals surface area contributed by atoms with Crippen molar-refractivity contribution < 1.29 is 14.3 Å². The lowest BCUT2D eigenvalue weighted by atomic mass is 10.4. The number of ether oxygens (including phenoxy) is 2. The lowest BCUT2D eigenvalue weighted by molar-refractivity contribution is 0.0593. The lowest BCUT2D eigenvalue weighted by Gasteiger charge is -2.00. The van der Waals surface area contributed by atoms with Crippen LogP contribution in [0.5, 0.6) is 5.88 Å². The van der Waals surface area contributed by atoms with Gasteiger partial charge in [0.25, 0.3) is 0 Å². The number of esters is 1. The van der Waals surface area contributed by atoms with Crippen LogP contribution in [0.3, 0.4) is 0 Å². The van der Waals surface area contributed by atoms with Gasteiger partial charge in [0.1, 0.15) is 6.61 Å². The predicted molar refractivity (Wildman–Crippen MR) is 50.2 cm³/mol. The summed E-state index contributed by atoms with van der Waals surface area (Å²) in [6.45, 7) is 3.89. The van der Waals surface area contributed by atoms with Gasteiger partial charge in [-0.1, -0.05) is 12.7 Å². The van der Waals surface area contributed by atoms with E-state index < -0.39 is 5.97 Å². The van der Waals surface area contributed by atoms with E-state index in [9.17, 15) is 4.79 Å². The number of aryl methyl sites for hydroxylation is 1. The molecule has 0 saturated heterocycles. The minimum atomic E-state index is -0.478. The maximum atomic E-state index is 11.1. The molecule has 0 radical (unpaired) electrons. The summed E-state index contributed by atoms with van der Waals surface area (Å²) >= 11 is 0. The molecule has 76 valence electrons. The molecule has 0 N–H and O–H groups in total. The van der Waals surface area contributed by atoms with Crippen molar-refractivity contribution in [3.63, 3.8) is 0 Å². The fourth-order valence-electron chi connectivity index (χ4n) is 0.934. The number of methoxy groups -OCH3 is 1. The first-order valence-corrected chi connectivity index (χ1v) is 4.05. The molecular weight excluding hydrogens is 184 g/mol. The molecule has 0 aliphatic heterocycles. The number of nitrogens with zero attached hydrogens (tertiary/aromatic N) is 2. The second kappa shape index (κ2) is 4.45. The van der Waals surface area contributed by atoms with E-state index in [-0.39, 0.29) is 5.69 Å². The molecule has 0 aliphatic rings. The standard InChI is InChI=1S/C9H12N2O3/c1-4-5-14-8-6-7(9(12)13-3)10-11(8)2/h4,6H,1,5H2,2-3H3. The van der Waals surface area contributed by atoms with Gasteiger partial charge in [0.2, 0.25) is 5.88 Å². The van der Waals surface area contributed by atoms with Gasteiger partial charge in [0, 0.05) is 13.1 Å². The fourth-order valence-corrected chi connectivity index (χ4v) is 0.934. The molecule has 0 fully saturated rings. The van der Waals surface area contributed by atoms with Gasteiger partial charge >= 0.3 is 5.97 Å². The van der Waals surface area contributed by atoms with Crippen LogP contribution in [0.25, 0.3) is 0 Å². The largest absolute Gasteiger partial charge is 0.474 e. The Balaban J connectivity index is 2.81. The molecule has 0 amide bonds. The molecule has 1 aromatic rings. The van der Waals surface area contributed by atoms with E-state index in [1.165, 1.54) is 17.9 Å². The minimum Gasteiger partial charge on any atom is -0.474 e. The first-order valence-electron chi connectivity index (χ1n) is 4.05. The smallest absolute Gasteiger partial charge is 0.358 e. The summed E-state index contributed by atoms with van der Waals surface area (Å²) < 4.78 is 11.2. The molecule has 0 unspecified atom stereocenters. The Labute approximate surface area is 81.9 Å². The highest BCUT2D eigenvalue weighted by atomic mass is 16.5. The first kappa shape index (κ1) is 10.3. The molecule has 0 saturated carbocycles. The third kappa shape index (κ3) is 2.12. The van der Waals surface area contributed by atoms with Crippen LogP contribution >= 0.6 is 0 Å². The Kier molecular flexibility index (Phi) is 3.28. The molecule has 1 rings (SSSR count). The van der Waals surface area contributed by atoms with Crippen molar-refractivity contribution >= 4 is 5.97 Å². The van der Waals surface area contributed by atoms with Crippen LogP contribution in [0.1, 0.15) is 10.5 Å². The molecular formula is C9H12N2O3. The second-order valence-corrected chi connectivity index (χ2v) is 2.58. The van der Waals surface area contributed by atoms with E-state index in [0.29, 0.717) is 12.5 Å². The number of aromatic nitrogens is 2. The summed E-state index contributed by atoms with van der Waals surface area (Å²) in [5.41, 5.74) is 0.231. The predicted octanol–water partition coefficient (Wildman–Crippen LogP) is 0.771. The van der Waals surface area contributed by atoms with Gasteiger partial charge in [-0.05, 0) is 0 Å². The number of hydrogen-bond acceptors (Lipinski definition) is 4. The number of carbonyl (C=O) groups excluding carboxylic acids is 1. The Morgan fingerprint density at radius 1 is 1.79 bits per heavy atom. The van der Waals surface area contributed by atoms with Crippen LogP contribution in [0.2, 0.25) is 0 Å². The van der Waals surface area contributed by atoms with Gasteiger partial charge < -0.3 is 9.47 Å². The van der Waals surface area contributed by atoms with Gasteiger partial charge in [-0.25, -0.2) is 9.48 Å². The van der Waals surface area contributed by atoms with Crippen molar-refractivity contribution in [2.75, 3.05) is 13.7 Å². The Hall–Kier alpha value is -1.78. The molecule has 0 aromatic carbocycles. The van der Waals surface area contributed by atoms with E-state index in [1.54, 1.807) is 13.1 Å². The first-order chi connectivity index (χ1) is 6.69. The monoisotopic (exact) mass is 196 g/mol. The molecule has 0 atom stereocenters. The van der Waals surface area contributed by atoms with E-state index in [4.69, 9.17) is 4.74 Å². The zero-order chi connectivity index (χ0) is 10.6. The Morgan fingerprint density at radius 3 is 3.07 bits per heavy atom. The quantitative estimate of drug-likeness (QED) is 0.527. The van der Waals surface area contributed by atoms with Crippen LogP contribution in [0.15, 0.2) is 18.7 Å². The van der Waals surface area contributed by atoms with Crippen molar-refractivity contribution in [1.29, 1.82) is 0 Å². The Bertz CT molecular complexity index is 344. The number of rotatable bonds is 4. The SMILES string of the molecule is C=CCOc1cc(C(=O)OC)nn1C. The van der Waals surface area contributed by atoms with E-state index >= 15 is 0 Å². The summed E-state index contributed by atoms with van der Waals surface area (Å²) in [4.78, 5) is 11.1. The average molecular weight is 196 g/mol. The maximum Gasteiger partial charge on any atom is 0.358 e. The van der Waals surface area contributed by atoms with Crippen LogP contribution < -0.4 is 4.74 Å². The van der Waals surface area contributed by atoms with Crippen molar-refractivity contribution in [3.8, 4) is 5.88 Å². The number of carbonyl (C=O) groups is 1. The molecule has 1 aromatic heterocycles. The topological polar surface area (TPSA) is 53.4 Å². The molecule has 0 aliphatic carbocycles. The van der Waals surface area contributed by atoms with Gasteiger partial charge in [0.05, 0.1) is 7.11 Å². The van der Waals surface area contributed by atoms with E-state index in [2.05, 4.69) is 16.4 Å². The second-order valence-electron chi connectivity index (χ2n) is 2.58. The van der Waals surface area contributed by atoms with Crippen LogP contribution in [-0.4, -0.2) is 29.5 Å². The fraction of sp³-hybridized carbons (Fsp3) is 0.333. The van der Waals surface area contributed by atoms with E-state index in [1.807, 2.05) is 0 Å². The Morgan fingerprint density at radius 2 is 2.50 bits per heavy atom. The average Bonchev–Trinajstić information content (AvgIpc) is 2.56. The summed E-state index contributed by atoms with van der Waals surface area (Å²) in [6, 6.07) is 1.52. The van der Waals surface area contributed by atoms with Crippen LogP contribution in [0.4, 0.5) is 0 Å². The number of hydrogen-bond donors (Lipinski definition) is 0. The van der Waals surface area contributed by atoms with Gasteiger partial charge in [-0.15, -0.1) is 0 Å². The zero-order valence-corrected chi connectivity index (χ0v) is 8.19. The van der Waals surface area contributed by atoms with E-state index in [0.717, 1.165) is 0 Å². The molecule has 0 bridgehead atoms. The third-order valence-electron chi connectivity index (χ3n) is 1.58.